The summed E-state index contributed by atoms with van der Waals surface area (Å²) in [6, 6.07) is 0. The van der Waals surface area contributed by atoms with Gasteiger partial charge in [-0.25, -0.2) is 0 Å². The van der Waals surface area contributed by atoms with Gasteiger partial charge in [0.25, 0.3) is 5.91 Å². The number of nitrogens with two attached hydrogens (primary N) is 1. The lowest BCUT2D eigenvalue weighted by molar-refractivity contribution is -0.162. The first-order valence-electron chi connectivity index (χ1n) is 7.41. The SMILES string of the molecule is CC(OC1(CN)CCCCC1)C(=O)N1CCOCC1. The highest BCUT2D eigenvalue weighted by molar-refractivity contribution is 5.80. The van der Waals surface area contributed by atoms with Gasteiger partial charge in [-0.3, -0.25) is 4.79 Å². The molecule has 1 aliphatic carbocycles. The van der Waals surface area contributed by atoms with E-state index in [1.807, 2.05) is 11.8 Å². The molecule has 1 atom stereocenters. The summed E-state index contributed by atoms with van der Waals surface area (Å²) in [5.74, 6) is 0.0710. The van der Waals surface area contributed by atoms with Crippen LogP contribution in [-0.2, 0) is 14.3 Å². The maximum absolute atomic E-state index is 12.3. The summed E-state index contributed by atoms with van der Waals surface area (Å²) in [7, 11) is 0. The summed E-state index contributed by atoms with van der Waals surface area (Å²) < 4.78 is 11.4. The Kier molecular flexibility index (Phi) is 5.19. The van der Waals surface area contributed by atoms with Crippen molar-refractivity contribution in [3.63, 3.8) is 0 Å². The first-order valence-corrected chi connectivity index (χ1v) is 7.41. The summed E-state index contributed by atoms with van der Waals surface area (Å²) in [4.78, 5) is 14.2. The molecule has 5 nitrogen and oxygen atoms in total. The number of hydrogen-bond donors (Lipinski definition) is 1. The Hall–Kier alpha value is -0.650. The number of carbonyl (C=O) groups is 1. The molecule has 5 heteroatoms. The van der Waals surface area contributed by atoms with Crippen molar-refractivity contribution in [2.45, 2.75) is 50.7 Å². The Bertz CT molecular complexity index is 297. The van der Waals surface area contributed by atoms with Crippen LogP contribution >= 0.6 is 0 Å². The molecule has 0 bridgehead atoms. The topological polar surface area (TPSA) is 64.8 Å². The summed E-state index contributed by atoms with van der Waals surface area (Å²) in [5.41, 5.74) is 5.62. The smallest absolute Gasteiger partial charge is 0.251 e. The van der Waals surface area contributed by atoms with Crippen LogP contribution in [0.25, 0.3) is 0 Å². The van der Waals surface area contributed by atoms with Gasteiger partial charge in [-0.05, 0) is 19.8 Å². The van der Waals surface area contributed by atoms with E-state index in [1.54, 1.807) is 0 Å². The van der Waals surface area contributed by atoms with Crippen LogP contribution in [0.3, 0.4) is 0 Å². The maximum Gasteiger partial charge on any atom is 0.251 e. The molecule has 0 aromatic carbocycles. The number of hydrogen-bond acceptors (Lipinski definition) is 4. The van der Waals surface area contributed by atoms with Crippen molar-refractivity contribution < 1.29 is 14.3 Å². The zero-order valence-electron chi connectivity index (χ0n) is 11.9. The minimum Gasteiger partial charge on any atom is -0.378 e. The predicted molar refractivity (Wildman–Crippen MR) is 72.8 cm³/mol. The highest BCUT2D eigenvalue weighted by Crippen LogP contribution is 2.32. The van der Waals surface area contributed by atoms with E-state index in [0.717, 1.165) is 25.7 Å². The van der Waals surface area contributed by atoms with Crippen molar-refractivity contribution in [1.82, 2.24) is 4.90 Å². The molecule has 1 saturated carbocycles. The zero-order valence-corrected chi connectivity index (χ0v) is 11.9. The number of morpholine rings is 1. The van der Waals surface area contributed by atoms with E-state index in [9.17, 15) is 4.79 Å². The first-order chi connectivity index (χ1) is 9.17. The fraction of sp³-hybridized carbons (Fsp3) is 0.929. The van der Waals surface area contributed by atoms with Crippen molar-refractivity contribution in [2.24, 2.45) is 5.73 Å². The quantitative estimate of drug-likeness (QED) is 0.825. The van der Waals surface area contributed by atoms with E-state index in [2.05, 4.69) is 0 Å². The average molecular weight is 270 g/mol. The lowest BCUT2D eigenvalue weighted by Gasteiger charge is -2.39. The lowest BCUT2D eigenvalue weighted by atomic mass is 9.84. The third kappa shape index (κ3) is 3.68. The number of nitrogens with zero attached hydrogens (tertiary/aromatic N) is 1. The van der Waals surface area contributed by atoms with Crippen molar-refractivity contribution in [3.8, 4) is 0 Å². The van der Waals surface area contributed by atoms with Gasteiger partial charge in [-0.1, -0.05) is 19.3 Å². The minimum absolute atomic E-state index is 0.0710. The second-order valence-corrected chi connectivity index (χ2v) is 5.65. The van der Waals surface area contributed by atoms with Gasteiger partial charge in [0, 0.05) is 19.6 Å². The first kappa shape index (κ1) is 14.8. The number of ether oxygens (including phenoxy) is 2. The normalized spacial score (nSPS) is 25.1. The van der Waals surface area contributed by atoms with Crippen molar-refractivity contribution in [2.75, 3.05) is 32.8 Å². The highest BCUT2D eigenvalue weighted by atomic mass is 16.5. The average Bonchev–Trinajstić information content (AvgIpc) is 2.48. The van der Waals surface area contributed by atoms with Crippen molar-refractivity contribution in [3.05, 3.63) is 0 Å². The summed E-state index contributed by atoms with van der Waals surface area (Å²) in [6.45, 7) is 4.95. The third-order valence-electron chi connectivity index (χ3n) is 4.23. The second-order valence-electron chi connectivity index (χ2n) is 5.65. The van der Waals surface area contributed by atoms with E-state index in [-0.39, 0.29) is 11.5 Å². The summed E-state index contributed by atoms with van der Waals surface area (Å²) in [6.07, 6.45) is 5.09. The van der Waals surface area contributed by atoms with Crippen LogP contribution in [0.15, 0.2) is 0 Å². The molecule has 2 rings (SSSR count). The fourth-order valence-corrected chi connectivity index (χ4v) is 3.03. The van der Waals surface area contributed by atoms with Crippen LogP contribution in [0, 0.1) is 0 Å². The van der Waals surface area contributed by atoms with Crippen molar-refractivity contribution in [1.29, 1.82) is 0 Å². The van der Waals surface area contributed by atoms with E-state index in [4.69, 9.17) is 15.2 Å². The number of rotatable bonds is 4. The van der Waals surface area contributed by atoms with E-state index >= 15 is 0 Å². The molecule has 0 spiro atoms. The van der Waals surface area contributed by atoms with Gasteiger partial charge in [0.2, 0.25) is 0 Å². The Morgan fingerprint density at radius 2 is 1.95 bits per heavy atom. The molecular formula is C14H26N2O3. The Balaban J connectivity index is 1.90. The van der Waals surface area contributed by atoms with Crippen LogP contribution in [0.4, 0.5) is 0 Å². The largest absolute Gasteiger partial charge is 0.378 e. The Morgan fingerprint density at radius 1 is 1.32 bits per heavy atom. The maximum atomic E-state index is 12.3. The Morgan fingerprint density at radius 3 is 2.53 bits per heavy atom. The molecule has 2 fully saturated rings. The lowest BCUT2D eigenvalue weighted by Crippen LogP contribution is -2.51. The van der Waals surface area contributed by atoms with Gasteiger partial charge in [0.05, 0.1) is 18.8 Å². The number of amides is 1. The zero-order chi connectivity index (χ0) is 13.7. The van der Waals surface area contributed by atoms with Crippen LogP contribution < -0.4 is 5.73 Å². The Labute approximate surface area is 115 Å². The fourth-order valence-electron chi connectivity index (χ4n) is 3.03. The van der Waals surface area contributed by atoms with E-state index in [1.165, 1.54) is 6.42 Å². The number of carbonyl (C=O) groups excluding carboxylic acids is 1. The molecule has 1 saturated heterocycles. The molecule has 2 N–H and O–H groups in total. The van der Waals surface area contributed by atoms with Gasteiger partial charge >= 0.3 is 0 Å². The second kappa shape index (κ2) is 6.68. The van der Waals surface area contributed by atoms with Gasteiger partial charge in [-0.15, -0.1) is 0 Å². The molecule has 1 aliphatic heterocycles. The summed E-state index contributed by atoms with van der Waals surface area (Å²) >= 11 is 0. The monoisotopic (exact) mass is 270 g/mol. The summed E-state index contributed by atoms with van der Waals surface area (Å²) in [5, 5.41) is 0. The third-order valence-corrected chi connectivity index (χ3v) is 4.23. The van der Waals surface area contributed by atoms with Crippen LogP contribution in [0.5, 0.6) is 0 Å². The molecule has 1 heterocycles. The molecule has 1 unspecified atom stereocenters. The van der Waals surface area contributed by atoms with Gasteiger partial charge < -0.3 is 20.1 Å². The molecule has 110 valence electrons. The molecule has 2 aliphatic rings. The van der Waals surface area contributed by atoms with Crippen LogP contribution in [-0.4, -0.2) is 55.4 Å². The van der Waals surface area contributed by atoms with Gasteiger partial charge in [-0.2, -0.15) is 0 Å². The van der Waals surface area contributed by atoms with Gasteiger partial charge in [0.1, 0.15) is 6.10 Å². The molecular weight excluding hydrogens is 244 g/mol. The van der Waals surface area contributed by atoms with E-state index in [0.29, 0.717) is 32.8 Å². The molecule has 19 heavy (non-hydrogen) atoms. The highest BCUT2D eigenvalue weighted by Gasteiger charge is 2.36. The molecule has 0 radical (unpaired) electrons. The van der Waals surface area contributed by atoms with E-state index < -0.39 is 6.10 Å². The standard InChI is InChI=1S/C14H26N2O3/c1-12(13(17)16-7-9-18-10-8-16)19-14(11-15)5-3-2-4-6-14/h12H,2-11,15H2,1H3. The van der Waals surface area contributed by atoms with Crippen LogP contribution in [0.1, 0.15) is 39.0 Å². The minimum atomic E-state index is -0.403. The van der Waals surface area contributed by atoms with Crippen LogP contribution in [0.2, 0.25) is 0 Å². The molecule has 0 aromatic heterocycles. The van der Waals surface area contributed by atoms with Crippen molar-refractivity contribution >= 4 is 5.91 Å². The predicted octanol–water partition coefficient (Wildman–Crippen LogP) is 0.912. The molecule has 1 amide bonds. The molecule has 0 aromatic rings. The van der Waals surface area contributed by atoms with Gasteiger partial charge in [0.15, 0.2) is 0 Å².